The average Bonchev–Trinajstić information content (AvgIpc) is 3.14. The molecule has 0 heterocycles. The molecule has 0 aromatic heterocycles. The lowest BCUT2D eigenvalue weighted by Gasteiger charge is -2.17. The van der Waals surface area contributed by atoms with Gasteiger partial charge in [-0.05, 0) is 25.2 Å². The fraction of sp³-hybridized carbons (Fsp3) is 0.857. The molecule has 1 aliphatic rings. The Morgan fingerprint density at radius 2 is 1.89 bits per heavy atom. The predicted octanol–water partition coefficient (Wildman–Crippen LogP) is 0.782. The minimum absolute atomic E-state index is 0.0149. The van der Waals surface area contributed by atoms with Crippen molar-refractivity contribution in [3.05, 3.63) is 0 Å². The van der Waals surface area contributed by atoms with Crippen LogP contribution in [0.1, 0.15) is 46.5 Å². The molecular formula is C14H27N3O2. The summed E-state index contributed by atoms with van der Waals surface area (Å²) in [5.41, 5.74) is 5.52. The summed E-state index contributed by atoms with van der Waals surface area (Å²) in [7, 11) is 0. The Labute approximate surface area is 115 Å². The van der Waals surface area contributed by atoms with E-state index in [0.717, 1.165) is 0 Å². The first-order valence-corrected chi connectivity index (χ1v) is 7.11. The molecule has 2 amide bonds. The number of amides is 2. The summed E-state index contributed by atoms with van der Waals surface area (Å²) in [6, 6.07) is 0.101. The van der Waals surface area contributed by atoms with E-state index in [2.05, 4.69) is 10.6 Å². The third-order valence-corrected chi connectivity index (χ3v) is 3.31. The number of carbonyl (C=O) groups is 2. The standard InChI is InChI=1S/C14H27N3O2/c1-14(2,3)13(19)16-8-4-5-12(18)17-9-11(15)10-6-7-10/h10-11H,4-9,15H2,1-3H3,(H,16,19)(H,17,18). The smallest absolute Gasteiger partial charge is 0.225 e. The number of hydrogen-bond donors (Lipinski definition) is 3. The Hall–Kier alpha value is -1.10. The zero-order valence-corrected chi connectivity index (χ0v) is 12.3. The summed E-state index contributed by atoms with van der Waals surface area (Å²) in [5, 5.41) is 5.67. The molecule has 1 atom stereocenters. The highest BCUT2D eigenvalue weighted by atomic mass is 16.2. The summed E-state index contributed by atoms with van der Waals surface area (Å²) in [4.78, 5) is 23.1. The van der Waals surface area contributed by atoms with Crippen molar-refractivity contribution in [1.29, 1.82) is 0 Å². The van der Waals surface area contributed by atoms with Crippen LogP contribution in [-0.2, 0) is 9.59 Å². The van der Waals surface area contributed by atoms with Gasteiger partial charge in [0, 0.05) is 31.0 Å². The Morgan fingerprint density at radius 3 is 2.42 bits per heavy atom. The van der Waals surface area contributed by atoms with Gasteiger partial charge < -0.3 is 16.4 Å². The first-order chi connectivity index (χ1) is 8.80. The normalized spacial score (nSPS) is 16.8. The van der Waals surface area contributed by atoms with Crippen LogP contribution in [0.5, 0.6) is 0 Å². The molecule has 0 radical (unpaired) electrons. The highest BCUT2D eigenvalue weighted by Crippen LogP contribution is 2.31. The molecule has 0 spiro atoms. The summed E-state index contributed by atoms with van der Waals surface area (Å²) in [5.74, 6) is 0.635. The minimum Gasteiger partial charge on any atom is -0.356 e. The number of hydrogen-bond acceptors (Lipinski definition) is 3. The monoisotopic (exact) mass is 269 g/mol. The van der Waals surface area contributed by atoms with Crippen LogP contribution in [0.25, 0.3) is 0 Å². The van der Waals surface area contributed by atoms with Crippen LogP contribution in [-0.4, -0.2) is 30.9 Å². The van der Waals surface area contributed by atoms with Gasteiger partial charge >= 0.3 is 0 Å². The van der Waals surface area contributed by atoms with Crippen LogP contribution in [0.4, 0.5) is 0 Å². The highest BCUT2D eigenvalue weighted by Gasteiger charge is 2.28. The van der Waals surface area contributed by atoms with Gasteiger partial charge in [0.1, 0.15) is 0 Å². The van der Waals surface area contributed by atoms with Gasteiger partial charge in [-0.2, -0.15) is 0 Å². The quantitative estimate of drug-likeness (QED) is 0.597. The molecule has 0 bridgehead atoms. The molecule has 1 aliphatic carbocycles. The third-order valence-electron chi connectivity index (χ3n) is 3.31. The van der Waals surface area contributed by atoms with Gasteiger partial charge in [0.15, 0.2) is 0 Å². The summed E-state index contributed by atoms with van der Waals surface area (Å²) in [6.07, 6.45) is 3.47. The maximum atomic E-state index is 11.6. The number of rotatable bonds is 7. The van der Waals surface area contributed by atoms with Gasteiger partial charge in [-0.25, -0.2) is 0 Å². The van der Waals surface area contributed by atoms with Crippen LogP contribution < -0.4 is 16.4 Å². The van der Waals surface area contributed by atoms with E-state index < -0.39 is 0 Å². The van der Waals surface area contributed by atoms with Crippen LogP contribution >= 0.6 is 0 Å². The van der Waals surface area contributed by atoms with E-state index >= 15 is 0 Å². The molecule has 0 aromatic carbocycles. The number of nitrogens with one attached hydrogen (secondary N) is 2. The summed E-state index contributed by atoms with van der Waals surface area (Å²) >= 11 is 0. The predicted molar refractivity (Wildman–Crippen MR) is 75.4 cm³/mol. The average molecular weight is 269 g/mol. The van der Waals surface area contributed by atoms with Gasteiger partial charge in [0.25, 0.3) is 0 Å². The SMILES string of the molecule is CC(C)(C)C(=O)NCCCC(=O)NCC(N)C1CC1. The Morgan fingerprint density at radius 1 is 1.26 bits per heavy atom. The molecule has 19 heavy (non-hydrogen) atoms. The molecule has 1 fully saturated rings. The molecular weight excluding hydrogens is 242 g/mol. The van der Waals surface area contributed by atoms with Crippen LogP contribution in [0.3, 0.4) is 0 Å². The molecule has 5 nitrogen and oxygen atoms in total. The van der Waals surface area contributed by atoms with Crippen molar-refractivity contribution < 1.29 is 9.59 Å². The highest BCUT2D eigenvalue weighted by molar-refractivity contribution is 5.81. The molecule has 1 unspecified atom stereocenters. The van der Waals surface area contributed by atoms with Crippen molar-refractivity contribution in [2.24, 2.45) is 17.1 Å². The fourth-order valence-corrected chi connectivity index (χ4v) is 1.73. The van der Waals surface area contributed by atoms with Crippen molar-refractivity contribution >= 4 is 11.8 Å². The van der Waals surface area contributed by atoms with Crippen LogP contribution in [0.15, 0.2) is 0 Å². The van der Waals surface area contributed by atoms with E-state index in [-0.39, 0.29) is 23.3 Å². The van der Waals surface area contributed by atoms with E-state index in [9.17, 15) is 9.59 Å². The van der Waals surface area contributed by atoms with Gasteiger partial charge in [-0.3, -0.25) is 9.59 Å². The number of carbonyl (C=O) groups excluding carboxylic acids is 2. The largest absolute Gasteiger partial charge is 0.356 e. The van der Waals surface area contributed by atoms with E-state index in [0.29, 0.717) is 31.8 Å². The lowest BCUT2D eigenvalue weighted by molar-refractivity contribution is -0.128. The van der Waals surface area contributed by atoms with Crippen molar-refractivity contribution in [3.8, 4) is 0 Å². The van der Waals surface area contributed by atoms with E-state index in [1.807, 2.05) is 20.8 Å². The zero-order chi connectivity index (χ0) is 14.5. The third kappa shape index (κ3) is 6.57. The van der Waals surface area contributed by atoms with Gasteiger partial charge in [0.2, 0.25) is 11.8 Å². The van der Waals surface area contributed by atoms with Crippen molar-refractivity contribution in [2.75, 3.05) is 13.1 Å². The molecule has 0 aliphatic heterocycles. The van der Waals surface area contributed by atoms with Crippen LogP contribution in [0, 0.1) is 11.3 Å². The summed E-state index contributed by atoms with van der Waals surface area (Å²) < 4.78 is 0. The number of nitrogens with two attached hydrogens (primary N) is 1. The Bertz CT molecular complexity index is 319. The molecule has 110 valence electrons. The van der Waals surface area contributed by atoms with E-state index in [1.54, 1.807) is 0 Å². The van der Waals surface area contributed by atoms with Crippen molar-refractivity contribution in [2.45, 2.75) is 52.5 Å². The molecule has 1 saturated carbocycles. The van der Waals surface area contributed by atoms with Crippen molar-refractivity contribution in [3.63, 3.8) is 0 Å². The van der Waals surface area contributed by atoms with Gasteiger partial charge in [-0.15, -0.1) is 0 Å². The zero-order valence-electron chi connectivity index (χ0n) is 12.3. The Balaban J connectivity index is 2.02. The van der Waals surface area contributed by atoms with Crippen molar-refractivity contribution in [1.82, 2.24) is 10.6 Å². The maximum absolute atomic E-state index is 11.6. The maximum Gasteiger partial charge on any atom is 0.225 e. The summed E-state index contributed by atoms with van der Waals surface area (Å²) in [6.45, 7) is 6.72. The topological polar surface area (TPSA) is 84.2 Å². The van der Waals surface area contributed by atoms with E-state index in [4.69, 9.17) is 5.73 Å². The first-order valence-electron chi connectivity index (χ1n) is 7.11. The fourth-order valence-electron chi connectivity index (χ4n) is 1.73. The van der Waals surface area contributed by atoms with Gasteiger partial charge in [0.05, 0.1) is 0 Å². The Kier molecular flexibility index (Phi) is 5.79. The molecule has 1 rings (SSSR count). The second-order valence-corrected chi connectivity index (χ2v) is 6.41. The van der Waals surface area contributed by atoms with E-state index in [1.165, 1.54) is 12.8 Å². The lowest BCUT2D eigenvalue weighted by Crippen LogP contribution is -2.39. The van der Waals surface area contributed by atoms with Gasteiger partial charge in [-0.1, -0.05) is 20.8 Å². The first kappa shape index (κ1) is 16.0. The van der Waals surface area contributed by atoms with Crippen LogP contribution in [0.2, 0.25) is 0 Å². The second-order valence-electron chi connectivity index (χ2n) is 6.41. The molecule has 5 heteroatoms. The molecule has 0 saturated heterocycles. The molecule has 0 aromatic rings. The molecule has 4 N–H and O–H groups in total. The minimum atomic E-state index is -0.376. The lowest BCUT2D eigenvalue weighted by atomic mass is 9.96. The second kappa shape index (κ2) is 6.89.